The number of terminal acetylenes is 1. The molecule has 0 aromatic carbocycles. The summed E-state index contributed by atoms with van der Waals surface area (Å²) in [6.07, 6.45) is 9.30. The van der Waals surface area contributed by atoms with Crippen molar-refractivity contribution in [2.24, 2.45) is 5.41 Å². The Morgan fingerprint density at radius 3 is 2.50 bits per heavy atom. The van der Waals surface area contributed by atoms with E-state index in [4.69, 9.17) is 6.42 Å². The van der Waals surface area contributed by atoms with Crippen molar-refractivity contribution in [3.63, 3.8) is 0 Å². The molecule has 2 heteroatoms. The van der Waals surface area contributed by atoms with Crippen molar-refractivity contribution in [3.8, 4) is 12.3 Å². The lowest BCUT2D eigenvalue weighted by atomic mass is 10.0. The van der Waals surface area contributed by atoms with Crippen molar-refractivity contribution >= 4 is 12.4 Å². The monoisotopic (exact) mass is 157 g/mol. The van der Waals surface area contributed by atoms with Crippen LogP contribution in [0.4, 0.5) is 0 Å². The SMILES string of the molecule is C#C[C@@H]1CC2(CC2)CN1.Cl. The minimum Gasteiger partial charge on any atom is -0.303 e. The highest BCUT2D eigenvalue weighted by atomic mass is 35.5. The van der Waals surface area contributed by atoms with E-state index in [1.807, 2.05) is 0 Å². The molecule has 0 amide bonds. The molecule has 1 saturated carbocycles. The van der Waals surface area contributed by atoms with Crippen LogP contribution in [0.15, 0.2) is 0 Å². The molecule has 10 heavy (non-hydrogen) atoms. The Morgan fingerprint density at radius 2 is 2.20 bits per heavy atom. The van der Waals surface area contributed by atoms with Gasteiger partial charge in [-0.3, -0.25) is 0 Å². The van der Waals surface area contributed by atoms with Gasteiger partial charge in [-0.2, -0.15) is 0 Å². The Kier molecular flexibility index (Phi) is 1.94. The number of halogens is 1. The molecule has 1 atom stereocenters. The second-order valence-corrected chi connectivity index (χ2v) is 3.30. The lowest BCUT2D eigenvalue weighted by Crippen LogP contribution is -2.18. The second kappa shape index (κ2) is 2.45. The average molecular weight is 158 g/mol. The van der Waals surface area contributed by atoms with Crippen molar-refractivity contribution in [1.29, 1.82) is 0 Å². The Bertz CT molecular complexity index is 167. The van der Waals surface area contributed by atoms with Crippen molar-refractivity contribution < 1.29 is 0 Å². The smallest absolute Gasteiger partial charge is 0.0692 e. The summed E-state index contributed by atoms with van der Waals surface area (Å²) in [5, 5.41) is 3.32. The molecule has 1 heterocycles. The lowest BCUT2D eigenvalue weighted by Gasteiger charge is -1.98. The van der Waals surface area contributed by atoms with Gasteiger partial charge >= 0.3 is 0 Å². The van der Waals surface area contributed by atoms with Gasteiger partial charge in [-0.25, -0.2) is 0 Å². The third-order valence-electron chi connectivity index (χ3n) is 2.52. The quantitative estimate of drug-likeness (QED) is 0.521. The molecular weight excluding hydrogens is 146 g/mol. The van der Waals surface area contributed by atoms with Crippen LogP contribution >= 0.6 is 12.4 Å². The molecule has 1 aliphatic carbocycles. The topological polar surface area (TPSA) is 12.0 Å². The van der Waals surface area contributed by atoms with E-state index in [1.165, 1.54) is 25.8 Å². The van der Waals surface area contributed by atoms with Gasteiger partial charge in [-0.05, 0) is 24.7 Å². The van der Waals surface area contributed by atoms with Crippen LogP contribution in [-0.4, -0.2) is 12.6 Å². The predicted molar refractivity (Wildman–Crippen MR) is 44.2 cm³/mol. The van der Waals surface area contributed by atoms with E-state index in [9.17, 15) is 0 Å². The molecule has 2 fully saturated rings. The maximum atomic E-state index is 5.27. The number of rotatable bonds is 0. The molecule has 0 radical (unpaired) electrons. The lowest BCUT2D eigenvalue weighted by molar-refractivity contribution is 0.567. The molecule has 0 bridgehead atoms. The third kappa shape index (κ3) is 1.14. The zero-order valence-corrected chi connectivity index (χ0v) is 6.71. The van der Waals surface area contributed by atoms with Crippen LogP contribution in [0, 0.1) is 17.8 Å². The molecular formula is C8H12ClN. The van der Waals surface area contributed by atoms with E-state index in [0.717, 1.165) is 0 Å². The van der Waals surface area contributed by atoms with E-state index < -0.39 is 0 Å². The van der Waals surface area contributed by atoms with Gasteiger partial charge in [-0.1, -0.05) is 5.92 Å². The maximum absolute atomic E-state index is 5.27. The summed E-state index contributed by atoms with van der Waals surface area (Å²) in [7, 11) is 0. The minimum absolute atomic E-state index is 0. The van der Waals surface area contributed by atoms with Gasteiger partial charge in [0.1, 0.15) is 0 Å². The van der Waals surface area contributed by atoms with Gasteiger partial charge < -0.3 is 5.32 Å². The molecule has 56 valence electrons. The summed E-state index contributed by atoms with van der Waals surface area (Å²) >= 11 is 0. The maximum Gasteiger partial charge on any atom is 0.0692 e. The van der Waals surface area contributed by atoms with Crippen LogP contribution in [0.2, 0.25) is 0 Å². The van der Waals surface area contributed by atoms with Crippen molar-refractivity contribution in [1.82, 2.24) is 5.32 Å². The van der Waals surface area contributed by atoms with E-state index >= 15 is 0 Å². The third-order valence-corrected chi connectivity index (χ3v) is 2.52. The summed E-state index contributed by atoms with van der Waals surface area (Å²) in [5.41, 5.74) is 0.664. The van der Waals surface area contributed by atoms with E-state index in [0.29, 0.717) is 11.5 Å². The second-order valence-electron chi connectivity index (χ2n) is 3.30. The number of hydrogen-bond acceptors (Lipinski definition) is 1. The van der Waals surface area contributed by atoms with Gasteiger partial charge in [0.15, 0.2) is 0 Å². The Hall–Kier alpha value is -0.190. The molecule has 2 aliphatic rings. The van der Waals surface area contributed by atoms with Gasteiger partial charge in [0.2, 0.25) is 0 Å². The van der Waals surface area contributed by atoms with Crippen LogP contribution in [0.25, 0.3) is 0 Å². The molecule has 0 aromatic rings. The average Bonchev–Trinajstić information content (AvgIpc) is 2.44. The van der Waals surface area contributed by atoms with Gasteiger partial charge in [-0.15, -0.1) is 18.8 Å². The molecule has 1 spiro atoms. The van der Waals surface area contributed by atoms with Crippen LogP contribution in [0.1, 0.15) is 19.3 Å². The normalized spacial score (nSPS) is 32.9. The van der Waals surface area contributed by atoms with Crippen molar-refractivity contribution in [2.75, 3.05) is 6.54 Å². The van der Waals surface area contributed by atoms with Crippen LogP contribution in [0.3, 0.4) is 0 Å². The Labute approximate surface area is 68.0 Å². The highest BCUT2D eigenvalue weighted by Crippen LogP contribution is 2.51. The zero-order valence-electron chi connectivity index (χ0n) is 5.89. The van der Waals surface area contributed by atoms with Gasteiger partial charge in [0.25, 0.3) is 0 Å². The van der Waals surface area contributed by atoms with Crippen LogP contribution in [0.5, 0.6) is 0 Å². The van der Waals surface area contributed by atoms with Crippen molar-refractivity contribution in [2.45, 2.75) is 25.3 Å². The first kappa shape index (κ1) is 7.91. The Morgan fingerprint density at radius 1 is 1.50 bits per heavy atom. The van der Waals surface area contributed by atoms with Crippen LogP contribution < -0.4 is 5.32 Å². The summed E-state index contributed by atoms with van der Waals surface area (Å²) in [6, 6.07) is 0.382. The van der Waals surface area contributed by atoms with E-state index in [-0.39, 0.29) is 12.4 Å². The summed E-state index contributed by atoms with van der Waals surface area (Å²) in [5.74, 6) is 2.75. The highest BCUT2D eigenvalue weighted by molar-refractivity contribution is 5.85. The molecule has 0 unspecified atom stereocenters. The van der Waals surface area contributed by atoms with Crippen LogP contribution in [-0.2, 0) is 0 Å². The van der Waals surface area contributed by atoms with E-state index in [1.54, 1.807) is 0 Å². The molecule has 1 aliphatic heterocycles. The molecule has 1 saturated heterocycles. The van der Waals surface area contributed by atoms with Gasteiger partial charge in [0, 0.05) is 6.54 Å². The van der Waals surface area contributed by atoms with E-state index in [2.05, 4.69) is 11.2 Å². The summed E-state index contributed by atoms with van der Waals surface area (Å²) in [6.45, 7) is 1.17. The zero-order chi connectivity index (χ0) is 6.32. The molecule has 1 N–H and O–H groups in total. The minimum atomic E-state index is 0. The fourth-order valence-corrected chi connectivity index (χ4v) is 1.59. The highest BCUT2D eigenvalue weighted by Gasteiger charge is 2.47. The summed E-state index contributed by atoms with van der Waals surface area (Å²) in [4.78, 5) is 0. The van der Waals surface area contributed by atoms with Crippen molar-refractivity contribution in [3.05, 3.63) is 0 Å². The molecule has 2 rings (SSSR count). The fraction of sp³-hybridized carbons (Fsp3) is 0.750. The first-order chi connectivity index (χ1) is 4.35. The predicted octanol–water partition coefficient (Wildman–Crippen LogP) is 1.18. The first-order valence-electron chi connectivity index (χ1n) is 3.54. The first-order valence-corrected chi connectivity index (χ1v) is 3.54. The number of nitrogens with one attached hydrogen (secondary N) is 1. The fourth-order valence-electron chi connectivity index (χ4n) is 1.59. The standard InChI is InChI=1S/C8H11N.ClH/c1-2-7-5-8(3-4-8)6-9-7;/h1,7,9H,3-6H2;1H/t7-;/m1./s1. The Balaban J connectivity index is 0.000000500. The summed E-state index contributed by atoms with van der Waals surface area (Å²) < 4.78 is 0. The molecule has 1 nitrogen and oxygen atoms in total. The largest absolute Gasteiger partial charge is 0.303 e. The molecule has 0 aromatic heterocycles. The van der Waals surface area contributed by atoms with Gasteiger partial charge in [0.05, 0.1) is 6.04 Å². The number of hydrogen-bond donors (Lipinski definition) is 1.